The van der Waals surface area contributed by atoms with E-state index >= 15 is 0 Å². The Morgan fingerprint density at radius 3 is 2.23 bits per heavy atom. The Labute approximate surface area is 80.8 Å². The summed E-state index contributed by atoms with van der Waals surface area (Å²) in [6.07, 6.45) is 0. The van der Waals surface area contributed by atoms with Crippen molar-refractivity contribution >= 4 is 17.0 Å². The van der Waals surface area contributed by atoms with E-state index in [0.717, 1.165) is 0 Å². The van der Waals surface area contributed by atoms with Crippen LogP contribution in [0.25, 0.3) is 0 Å². The first-order valence-corrected chi connectivity index (χ1v) is 5.09. The lowest BCUT2D eigenvalue weighted by Gasteiger charge is -2.30. The Kier molecular flexibility index (Phi) is 3.45. The Bertz CT molecular complexity index is 287. The quantitative estimate of drug-likeness (QED) is 0.694. The van der Waals surface area contributed by atoms with E-state index in [9.17, 15) is 8.76 Å². The van der Waals surface area contributed by atoms with Crippen LogP contribution in [0.1, 0.15) is 13.8 Å². The highest BCUT2D eigenvalue weighted by molar-refractivity contribution is 7.80. The van der Waals surface area contributed by atoms with Gasteiger partial charge in [0.05, 0.1) is 0 Å². The molecule has 0 aliphatic carbocycles. The molecule has 0 saturated heterocycles. The zero-order chi connectivity index (χ0) is 9.84. The summed E-state index contributed by atoms with van der Waals surface area (Å²) in [5.74, 6) is 0. The first-order valence-electron chi connectivity index (χ1n) is 4.06. The second kappa shape index (κ2) is 4.39. The zero-order valence-corrected chi connectivity index (χ0v) is 8.45. The van der Waals surface area contributed by atoms with E-state index in [2.05, 4.69) is 0 Å². The van der Waals surface area contributed by atoms with E-state index < -0.39 is 11.3 Å². The summed E-state index contributed by atoms with van der Waals surface area (Å²) in [5.41, 5.74) is 0.700. The molecule has 0 spiro atoms. The highest BCUT2D eigenvalue weighted by Crippen LogP contribution is 2.17. The van der Waals surface area contributed by atoms with Crippen LogP contribution in [-0.4, -0.2) is 14.8 Å². The largest absolute Gasteiger partial charge is 0.755 e. The molecular weight excluding hydrogens is 186 g/mol. The molecule has 72 valence electrons. The Balaban J connectivity index is 2.96. The third kappa shape index (κ3) is 2.54. The summed E-state index contributed by atoms with van der Waals surface area (Å²) >= 11 is -2.20. The maximum Gasteiger partial charge on any atom is 0.0485 e. The summed E-state index contributed by atoms with van der Waals surface area (Å²) in [6, 6.07) is 8.98. The minimum absolute atomic E-state index is 0.0549. The van der Waals surface area contributed by atoms with Crippen LogP contribution >= 0.6 is 0 Å². The van der Waals surface area contributed by atoms with Crippen molar-refractivity contribution in [2.75, 3.05) is 4.31 Å². The number of benzene rings is 1. The van der Waals surface area contributed by atoms with E-state index in [1.54, 1.807) is 12.1 Å². The van der Waals surface area contributed by atoms with Crippen molar-refractivity contribution in [2.24, 2.45) is 0 Å². The lowest BCUT2D eigenvalue weighted by molar-refractivity contribution is 0.527. The average Bonchev–Trinajstić information content (AvgIpc) is 2.04. The summed E-state index contributed by atoms with van der Waals surface area (Å²) in [7, 11) is 0. The predicted octanol–water partition coefficient (Wildman–Crippen LogP) is 1.70. The van der Waals surface area contributed by atoms with Gasteiger partial charge in [0.15, 0.2) is 0 Å². The van der Waals surface area contributed by atoms with E-state index in [-0.39, 0.29) is 6.04 Å². The van der Waals surface area contributed by atoms with Gasteiger partial charge in [-0.25, -0.2) is 0 Å². The van der Waals surface area contributed by atoms with Gasteiger partial charge in [-0.3, -0.25) is 4.21 Å². The van der Waals surface area contributed by atoms with Gasteiger partial charge in [-0.2, -0.15) is 0 Å². The van der Waals surface area contributed by atoms with E-state index in [0.29, 0.717) is 5.69 Å². The lowest BCUT2D eigenvalue weighted by Crippen LogP contribution is -2.32. The molecule has 1 aromatic carbocycles. The minimum Gasteiger partial charge on any atom is -0.755 e. The molecule has 0 aliphatic heterocycles. The molecule has 0 heterocycles. The van der Waals surface area contributed by atoms with Crippen LogP contribution in [0.3, 0.4) is 0 Å². The second-order valence-corrected chi connectivity index (χ2v) is 3.80. The third-order valence-electron chi connectivity index (χ3n) is 1.64. The molecule has 13 heavy (non-hydrogen) atoms. The van der Waals surface area contributed by atoms with Crippen LogP contribution in [0.4, 0.5) is 5.69 Å². The molecule has 0 fully saturated rings. The molecule has 1 rings (SSSR count). The molecule has 0 saturated carbocycles. The fourth-order valence-corrected chi connectivity index (χ4v) is 1.77. The highest BCUT2D eigenvalue weighted by Gasteiger charge is 2.09. The van der Waals surface area contributed by atoms with Gasteiger partial charge in [0.2, 0.25) is 0 Å². The molecule has 0 aromatic heterocycles. The van der Waals surface area contributed by atoms with Gasteiger partial charge in [-0.1, -0.05) is 18.2 Å². The Hall–Kier alpha value is -0.870. The van der Waals surface area contributed by atoms with Gasteiger partial charge in [-0.05, 0) is 26.0 Å². The summed E-state index contributed by atoms with van der Waals surface area (Å²) in [5, 5.41) is 0. The lowest BCUT2D eigenvalue weighted by atomic mass is 10.3. The van der Waals surface area contributed by atoms with E-state index in [1.165, 1.54) is 4.31 Å². The smallest absolute Gasteiger partial charge is 0.0485 e. The first-order chi connectivity index (χ1) is 6.13. The van der Waals surface area contributed by atoms with Gasteiger partial charge in [-0.15, -0.1) is 0 Å². The van der Waals surface area contributed by atoms with Crippen LogP contribution in [0.15, 0.2) is 30.3 Å². The standard InChI is InChI=1S/C9H13NO2S/c1-8(2)10(13(11)12)9-6-4-3-5-7-9/h3-8H,1-2H3,(H,11,12)/p-1. The Morgan fingerprint density at radius 2 is 1.85 bits per heavy atom. The topological polar surface area (TPSA) is 43.4 Å². The highest BCUT2D eigenvalue weighted by atomic mass is 32.2. The van der Waals surface area contributed by atoms with Crippen LogP contribution in [0.2, 0.25) is 0 Å². The second-order valence-electron chi connectivity index (χ2n) is 2.97. The number of rotatable bonds is 3. The Morgan fingerprint density at radius 1 is 1.31 bits per heavy atom. The van der Waals surface area contributed by atoms with Gasteiger partial charge < -0.3 is 8.86 Å². The summed E-state index contributed by atoms with van der Waals surface area (Å²) < 4.78 is 23.1. The number of nitrogens with zero attached hydrogens (tertiary/aromatic N) is 1. The molecule has 4 heteroatoms. The fourth-order valence-electron chi connectivity index (χ4n) is 1.13. The molecule has 1 atom stereocenters. The minimum atomic E-state index is -2.20. The van der Waals surface area contributed by atoms with Crippen molar-refractivity contribution < 1.29 is 8.76 Å². The average molecular weight is 198 g/mol. The number of hydrogen-bond acceptors (Lipinski definition) is 2. The number of hydrogen-bond donors (Lipinski definition) is 0. The number of anilines is 1. The fraction of sp³-hybridized carbons (Fsp3) is 0.333. The van der Waals surface area contributed by atoms with Crippen molar-refractivity contribution in [3.8, 4) is 0 Å². The molecule has 0 radical (unpaired) electrons. The van der Waals surface area contributed by atoms with Crippen molar-refractivity contribution in [1.82, 2.24) is 0 Å². The van der Waals surface area contributed by atoms with Crippen molar-refractivity contribution in [3.63, 3.8) is 0 Å². The van der Waals surface area contributed by atoms with E-state index in [1.807, 2.05) is 32.0 Å². The first kappa shape index (κ1) is 10.2. The van der Waals surface area contributed by atoms with Crippen LogP contribution < -0.4 is 4.31 Å². The molecular formula is C9H12NO2S-. The predicted molar refractivity (Wildman–Crippen MR) is 53.0 cm³/mol. The van der Waals surface area contributed by atoms with Crippen LogP contribution in [0.5, 0.6) is 0 Å². The molecule has 0 amide bonds. The van der Waals surface area contributed by atoms with Crippen molar-refractivity contribution in [2.45, 2.75) is 19.9 Å². The summed E-state index contributed by atoms with van der Waals surface area (Å²) in [4.78, 5) is 0. The molecule has 0 N–H and O–H groups in total. The monoisotopic (exact) mass is 198 g/mol. The number of para-hydroxylation sites is 1. The maximum absolute atomic E-state index is 10.9. The third-order valence-corrected chi connectivity index (χ3v) is 2.59. The van der Waals surface area contributed by atoms with Gasteiger partial charge in [0.25, 0.3) is 0 Å². The molecule has 0 aliphatic rings. The molecule has 0 bridgehead atoms. The van der Waals surface area contributed by atoms with Gasteiger partial charge in [0.1, 0.15) is 0 Å². The van der Waals surface area contributed by atoms with Crippen molar-refractivity contribution in [1.29, 1.82) is 0 Å². The molecule has 3 nitrogen and oxygen atoms in total. The van der Waals surface area contributed by atoms with E-state index in [4.69, 9.17) is 0 Å². The normalized spacial score (nSPS) is 12.9. The van der Waals surface area contributed by atoms with Crippen LogP contribution in [-0.2, 0) is 11.3 Å². The van der Waals surface area contributed by atoms with Gasteiger partial charge >= 0.3 is 0 Å². The SMILES string of the molecule is CC(C)N(c1ccccc1)S(=O)[O-]. The van der Waals surface area contributed by atoms with Gasteiger partial charge in [0, 0.05) is 23.0 Å². The van der Waals surface area contributed by atoms with Crippen molar-refractivity contribution in [3.05, 3.63) is 30.3 Å². The zero-order valence-electron chi connectivity index (χ0n) is 7.64. The molecule has 1 unspecified atom stereocenters. The maximum atomic E-state index is 10.9. The summed E-state index contributed by atoms with van der Waals surface area (Å²) in [6.45, 7) is 3.67. The van der Waals surface area contributed by atoms with Crippen LogP contribution in [0, 0.1) is 0 Å². The molecule has 1 aromatic rings.